The van der Waals surface area contributed by atoms with E-state index < -0.39 is 16.4 Å². The predicted octanol–water partition coefficient (Wildman–Crippen LogP) is 8.77. The van der Waals surface area contributed by atoms with E-state index in [1.165, 1.54) is 0 Å². The molecule has 0 spiro atoms. The van der Waals surface area contributed by atoms with Crippen molar-refractivity contribution in [3.63, 3.8) is 0 Å². The maximum Gasteiger partial charge on any atom is 0.322 e. The summed E-state index contributed by atoms with van der Waals surface area (Å²) in [5.41, 5.74) is 1.66. The Morgan fingerprint density at radius 3 is 2.00 bits per heavy atom. The van der Waals surface area contributed by atoms with Crippen LogP contribution in [0, 0.1) is 0 Å². The van der Waals surface area contributed by atoms with Gasteiger partial charge in [0, 0.05) is 10.0 Å². The van der Waals surface area contributed by atoms with Crippen molar-refractivity contribution in [2.75, 3.05) is 6.61 Å². The molecule has 36 heavy (non-hydrogen) atoms. The van der Waals surface area contributed by atoms with Crippen molar-refractivity contribution in [3.05, 3.63) is 99.0 Å². The van der Waals surface area contributed by atoms with Crippen molar-refractivity contribution < 1.29 is 9.53 Å². The lowest BCUT2D eigenvalue weighted by Gasteiger charge is -2.44. The van der Waals surface area contributed by atoms with Gasteiger partial charge in [-0.15, -0.1) is 0 Å². The van der Waals surface area contributed by atoms with Gasteiger partial charge in [-0.3, -0.25) is 14.7 Å². The van der Waals surface area contributed by atoms with Gasteiger partial charge in [0.2, 0.25) is 0 Å². The van der Waals surface area contributed by atoms with E-state index in [0.29, 0.717) is 39.7 Å². The summed E-state index contributed by atoms with van der Waals surface area (Å²) in [6, 6.07) is 21.0. The van der Waals surface area contributed by atoms with Gasteiger partial charge in [-0.2, -0.15) is 0 Å². The number of benzene rings is 3. The van der Waals surface area contributed by atoms with Gasteiger partial charge in [-0.05, 0) is 91.4 Å². The van der Waals surface area contributed by atoms with Gasteiger partial charge in [-0.25, -0.2) is 0 Å². The van der Waals surface area contributed by atoms with Crippen LogP contribution in [0.15, 0.2) is 71.7 Å². The highest BCUT2D eigenvalue weighted by Crippen LogP contribution is 2.54. The quantitative estimate of drug-likeness (QED) is 0.230. The fourth-order valence-corrected chi connectivity index (χ4v) is 5.40. The monoisotopic (exact) mass is 542 g/mol. The number of nitrogens with zero attached hydrogens (tertiary/aromatic N) is 2. The van der Waals surface area contributed by atoms with Crippen LogP contribution in [0.25, 0.3) is 0 Å². The first kappa shape index (κ1) is 26.5. The van der Waals surface area contributed by atoms with Crippen LogP contribution in [-0.2, 0) is 11.1 Å². The minimum Gasteiger partial charge on any atom is -0.493 e. The van der Waals surface area contributed by atoms with Gasteiger partial charge in [-0.1, -0.05) is 67.4 Å². The summed E-state index contributed by atoms with van der Waals surface area (Å²) >= 11 is 18.8. The lowest BCUT2D eigenvalue weighted by molar-refractivity contribution is 0.149. The molecule has 2 atom stereocenters. The molecule has 0 bridgehead atoms. The Bertz CT molecular complexity index is 1310. The fourth-order valence-electron chi connectivity index (χ4n) is 4.90. The Balaban J connectivity index is 2.03. The highest BCUT2D eigenvalue weighted by Gasteiger charge is 2.59. The average Bonchev–Trinajstić information content (AvgIpc) is 3.08. The van der Waals surface area contributed by atoms with E-state index in [2.05, 4.69) is 13.8 Å². The van der Waals surface area contributed by atoms with Crippen LogP contribution < -0.4 is 4.74 Å². The molecule has 0 fully saturated rings. The number of amidine groups is 1. The molecule has 1 aliphatic heterocycles. The Morgan fingerprint density at radius 1 is 0.944 bits per heavy atom. The number of ether oxygens (including phenoxy) is 1. The number of rotatable bonds is 6. The molecule has 4 rings (SSSR count). The predicted molar refractivity (Wildman–Crippen MR) is 149 cm³/mol. The number of carbonyl (C=O) groups excluding carboxylic acids is 1. The molecule has 0 unspecified atom stereocenters. The summed E-state index contributed by atoms with van der Waals surface area (Å²) in [5, 5.41) is 0.576. The SMILES string of the molecule is CCOc1cc(C(C)C)ccc1C1=N[C@@](C)(c2ccc(Cl)cc2)[C@](C)(c2ccc(Cl)cc2)N1C(=O)Cl. The van der Waals surface area contributed by atoms with Gasteiger partial charge in [0.25, 0.3) is 0 Å². The standard InChI is InChI=1S/C29H29Cl3N2O2/c1-6-36-25-17-19(18(2)3)7-16-24(25)26-33-28(4,20-8-12-22(30)13-9-20)29(5,34(26)27(32)35)21-10-14-23(31)15-11-21/h7-18H,6H2,1-5H3/t28-,29-/m0/s1. The second-order valence-corrected chi connectivity index (χ2v) is 10.7. The molecule has 1 amide bonds. The summed E-state index contributed by atoms with van der Waals surface area (Å²) in [6.07, 6.45) is 0. The zero-order chi connectivity index (χ0) is 26.3. The first-order chi connectivity index (χ1) is 17.0. The number of halogens is 3. The van der Waals surface area contributed by atoms with Gasteiger partial charge in [0.15, 0.2) is 0 Å². The van der Waals surface area contributed by atoms with Crippen molar-refractivity contribution in [1.82, 2.24) is 4.90 Å². The van der Waals surface area contributed by atoms with Crippen LogP contribution in [0.5, 0.6) is 5.75 Å². The zero-order valence-electron chi connectivity index (χ0n) is 21.0. The highest BCUT2D eigenvalue weighted by molar-refractivity contribution is 6.64. The maximum absolute atomic E-state index is 13.2. The Hall–Kier alpha value is -2.53. The van der Waals surface area contributed by atoms with Crippen LogP contribution in [0.1, 0.15) is 62.8 Å². The number of amides is 1. The van der Waals surface area contributed by atoms with E-state index in [-0.39, 0.29) is 0 Å². The molecule has 7 heteroatoms. The van der Waals surface area contributed by atoms with Crippen molar-refractivity contribution in [1.29, 1.82) is 0 Å². The van der Waals surface area contributed by atoms with Crippen molar-refractivity contribution >= 4 is 46.0 Å². The Labute approximate surface area is 227 Å². The largest absolute Gasteiger partial charge is 0.493 e. The number of hydrogen-bond donors (Lipinski definition) is 0. The third-order valence-corrected chi connectivity index (χ3v) is 7.81. The molecule has 0 N–H and O–H groups in total. The minimum atomic E-state index is -0.986. The molecular weight excluding hydrogens is 515 g/mol. The second kappa shape index (κ2) is 10.1. The van der Waals surface area contributed by atoms with Crippen LogP contribution in [-0.4, -0.2) is 22.7 Å². The minimum absolute atomic E-state index is 0.313. The van der Waals surface area contributed by atoms with Gasteiger partial charge >= 0.3 is 5.37 Å². The molecule has 3 aromatic rings. The smallest absolute Gasteiger partial charge is 0.322 e. The van der Waals surface area contributed by atoms with Gasteiger partial charge in [0.1, 0.15) is 22.7 Å². The van der Waals surface area contributed by atoms with E-state index in [9.17, 15) is 4.79 Å². The molecule has 0 aliphatic carbocycles. The topological polar surface area (TPSA) is 41.9 Å². The lowest BCUT2D eigenvalue weighted by atomic mass is 9.71. The fraction of sp³-hybridized carbons (Fsp3) is 0.310. The Morgan fingerprint density at radius 2 is 1.50 bits per heavy atom. The van der Waals surface area contributed by atoms with Crippen molar-refractivity contribution in [2.45, 2.75) is 51.6 Å². The molecule has 1 heterocycles. The van der Waals surface area contributed by atoms with E-state index in [1.54, 1.807) is 4.90 Å². The normalized spacial score (nSPS) is 21.6. The summed E-state index contributed by atoms with van der Waals surface area (Å²) in [5.74, 6) is 1.42. The first-order valence-corrected chi connectivity index (χ1v) is 13.0. The molecular formula is C29H29Cl3N2O2. The molecule has 188 valence electrons. The lowest BCUT2D eigenvalue weighted by Crippen LogP contribution is -2.53. The van der Waals surface area contributed by atoms with Crippen molar-refractivity contribution in [3.8, 4) is 5.75 Å². The van der Waals surface area contributed by atoms with Gasteiger partial charge in [0.05, 0.1) is 12.2 Å². The number of aliphatic imine (C=N–C) groups is 1. The molecule has 0 saturated heterocycles. The van der Waals surface area contributed by atoms with Gasteiger partial charge < -0.3 is 4.74 Å². The molecule has 0 aromatic heterocycles. The third kappa shape index (κ3) is 4.40. The van der Waals surface area contributed by atoms with E-state index in [4.69, 9.17) is 44.5 Å². The molecule has 0 radical (unpaired) electrons. The van der Waals surface area contributed by atoms with E-state index >= 15 is 0 Å². The summed E-state index contributed by atoms with van der Waals surface area (Å²) < 4.78 is 6.05. The molecule has 4 nitrogen and oxygen atoms in total. The maximum atomic E-state index is 13.2. The van der Waals surface area contributed by atoms with Crippen LogP contribution >= 0.6 is 34.8 Å². The zero-order valence-corrected chi connectivity index (χ0v) is 23.2. The van der Waals surface area contributed by atoms with Crippen molar-refractivity contribution in [2.24, 2.45) is 4.99 Å². The molecule has 3 aromatic carbocycles. The number of carbonyl (C=O) groups is 1. The Kier molecular flexibility index (Phi) is 7.43. The van der Waals surface area contributed by atoms with E-state index in [0.717, 1.165) is 16.7 Å². The second-order valence-electron chi connectivity index (χ2n) is 9.53. The van der Waals surface area contributed by atoms with Crippen LogP contribution in [0.2, 0.25) is 10.0 Å². The first-order valence-electron chi connectivity index (χ1n) is 11.9. The highest BCUT2D eigenvalue weighted by atomic mass is 35.5. The third-order valence-electron chi connectivity index (χ3n) is 7.14. The summed E-state index contributed by atoms with van der Waals surface area (Å²) in [6.45, 7) is 10.6. The van der Waals surface area contributed by atoms with E-state index in [1.807, 2.05) is 87.5 Å². The molecule has 0 saturated carbocycles. The van der Waals surface area contributed by atoms with Crippen LogP contribution in [0.3, 0.4) is 0 Å². The summed E-state index contributed by atoms with van der Waals surface area (Å²) in [4.78, 5) is 20.0. The summed E-state index contributed by atoms with van der Waals surface area (Å²) in [7, 11) is 0. The molecule has 1 aliphatic rings. The number of hydrogen-bond acceptors (Lipinski definition) is 3. The average molecular weight is 544 g/mol. The van der Waals surface area contributed by atoms with Crippen LogP contribution in [0.4, 0.5) is 4.79 Å².